The third kappa shape index (κ3) is 3.46. The maximum Gasteiger partial charge on any atom is 0.336 e. The summed E-state index contributed by atoms with van der Waals surface area (Å²) < 4.78 is 5.20. The van der Waals surface area contributed by atoms with E-state index in [0.717, 1.165) is 11.8 Å². The maximum absolute atomic E-state index is 11.2. The summed E-state index contributed by atoms with van der Waals surface area (Å²) in [6, 6.07) is 7.39. The third-order valence-electron chi connectivity index (χ3n) is 3.73. The molecule has 102 valence electrons. The Balaban J connectivity index is 2.10. The molecule has 2 nitrogen and oxygen atoms in total. The van der Waals surface area contributed by atoms with E-state index >= 15 is 0 Å². The van der Waals surface area contributed by atoms with E-state index in [0.29, 0.717) is 5.58 Å². The standard InChI is InChI=1S/C17H22O2/c1-3-4-5-6-7-8-14-9-11-16-15(13(14)2)10-12-17(18)19-16/h9-12H,3-8H2,1-2H3. The molecule has 0 saturated carbocycles. The number of benzene rings is 1. The van der Waals surface area contributed by atoms with Crippen molar-refractivity contribution < 1.29 is 4.42 Å². The number of rotatable bonds is 6. The Labute approximate surface area is 114 Å². The van der Waals surface area contributed by atoms with Gasteiger partial charge in [0.1, 0.15) is 5.58 Å². The SMILES string of the molecule is CCCCCCCc1ccc2oc(=O)ccc2c1C. The molecule has 0 aliphatic carbocycles. The van der Waals surface area contributed by atoms with Gasteiger partial charge in [0.05, 0.1) is 0 Å². The van der Waals surface area contributed by atoms with Gasteiger partial charge in [0.15, 0.2) is 0 Å². The first-order chi connectivity index (χ1) is 9.22. The normalized spacial score (nSPS) is 11.1. The second kappa shape index (κ2) is 6.55. The maximum atomic E-state index is 11.2. The van der Waals surface area contributed by atoms with Crippen molar-refractivity contribution in [1.82, 2.24) is 0 Å². The van der Waals surface area contributed by atoms with Crippen LogP contribution in [-0.2, 0) is 6.42 Å². The molecule has 0 aliphatic rings. The van der Waals surface area contributed by atoms with Gasteiger partial charge in [0, 0.05) is 11.5 Å². The molecule has 2 rings (SSSR count). The fourth-order valence-electron chi connectivity index (χ4n) is 2.53. The summed E-state index contributed by atoms with van der Waals surface area (Å²) >= 11 is 0. The predicted octanol–water partition coefficient (Wildman–Crippen LogP) is 4.61. The zero-order valence-electron chi connectivity index (χ0n) is 11.9. The van der Waals surface area contributed by atoms with Crippen molar-refractivity contribution in [2.45, 2.75) is 52.4 Å². The lowest BCUT2D eigenvalue weighted by molar-refractivity contribution is 0.560. The number of unbranched alkanes of at least 4 members (excludes halogenated alkanes) is 4. The van der Waals surface area contributed by atoms with E-state index in [1.165, 1.54) is 49.3 Å². The van der Waals surface area contributed by atoms with Crippen LogP contribution in [0.4, 0.5) is 0 Å². The van der Waals surface area contributed by atoms with Gasteiger partial charge < -0.3 is 4.42 Å². The molecule has 0 fully saturated rings. The molecule has 0 spiro atoms. The van der Waals surface area contributed by atoms with E-state index in [1.807, 2.05) is 12.1 Å². The van der Waals surface area contributed by atoms with Gasteiger partial charge in [-0.25, -0.2) is 4.79 Å². The van der Waals surface area contributed by atoms with Gasteiger partial charge in [-0.2, -0.15) is 0 Å². The van der Waals surface area contributed by atoms with Crippen LogP contribution in [-0.4, -0.2) is 0 Å². The fraction of sp³-hybridized carbons (Fsp3) is 0.471. The average molecular weight is 258 g/mol. The third-order valence-corrected chi connectivity index (χ3v) is 3.73. The smallest absolute Gasteiger partial charge is 0.336 e. The molecule has 0 aliphatic heterocycles. The Morgan fingerprint density at radius 1 is 1.00 bits per heavy atom. The molecule has 0 radical (unpaired) electrons. The molecule has 1 heterocycles. The summed E-state index contributed by atoms with van der Waals surface area (Å²) in [5.41, 5.74) is 3.04. The predicted molar refractivity (Wildman–Crippen MR) is 79.7 cm³/mol. The van der Waals surface area contributed by atoms with Crippen molar-refractivity contribution in [2.24, 2.45) is 0 Å². The Hall–Kier alpha value is -1.57. The van der Waals surface area contributed by atoms with Gasteiger partial charge in [0.2, 0.25) is 0 Å². The Morgan fingerprint density at radius 2 is 1.79 bits per heavy atom. The minimum Gasteiger partial charge on any atom is -0.423 e. The molecule has 1 aromatic carbocycles. The van der Waals surface area contributed by atoms with Crippen LogP contribution in [0.3, 0.4) is 0 Å². The van der Waals surface area contributed by atoms with E-state index in [1.54, 1.807) is 0 Å². The zero-order chi connectivity index (χ0) is 13.7. The number of hydrogen-bond acceptors (Lipinski definition) is 2. The van der Waals surface area contributed by atoms with E-state index in [9.17, 15) is 4.79 Å². The molecular weight excluding hydrogens is 236 g/mol. The largest absolute Gasteiger partial charge is 0.423 e. The Morgan fingerprint density at radius 3 is 2.58 bits per heavy atom. The summed E-state index contributed by atoms with van der Waals surface area (Å²) in [5.74, 6) is 0. The van der Waals surface area contributed by atoms with Gasteiger partial charge in [-0.1, -0.05) is 38.7 Å². The molecule has 0 amide bonds. The highest BCUT2D eigenvalue weighted by Crippen LogP contribution is 2.22. The molecule has 1 aromatic heterocycles. The minimum absolute atomic E-state index is 0.279. The molecule has 2 aromatic rings. The second-order valence-corrected chi connectivity index (χ2v) is 5.18. The van der Waals surface area contributed by atoms with Crippen LogP contribution in [0.5, 0.6) is 0 Å². The zero-order valence-corrected chi connectivity index (χ0v) is 11.9. The van der Waals surface area contributed by atoms with Crippen LogP contribution in [0, 0.1) is 6.92 Å². The molecular formula is C17H22O2. The van der Waals surface area contributed by atoms with Gasteiger partial charge in [-0.05, 0) is 43.0 Å². The first-order valence-electron chi connectivity index (χ1n) is 7.24. The lowest BCUT2D eigenvalue weighted by Crippen LogP contribution is -1.97. The van der Waals surface area contributed by atoms with Crippen molar-refractivity contribution in [2.75, 3.05) is 0 Å². The summed E-state index contributed by atoms with van der Waals surface area (Å²) in [4.78, 5) is 11.2. The Bertz CT molecular complexity index is 596. The van der Waals surface area contributed by atoms with E-state index in [4.69, 9.17) is 4.42 Å². The van der Waals surface area contributed by atoms with Crippen molar-refractivity contribution in [3.05, 3.63) is 45.8 Å². The molecule has 2 heteroatoms. The highest BCUT2D eigenvalue weighted by Gasteiger charge is 2.05. The lowest BCUT2D eigenvalue weighted by Gasteiger charge is -2.08. The first kappa shape index (κ1) is 13.9. The highest BCUT2D eigenvalue weighted by atomic mass is 16.4. The van der Waals surface area contributed by atoms with E-state index < -0.39 is 0 Å². The summed E-state index contributed by atoms with van der Waals surface area (Å²) in [5, 5.41) is 1.06. The van der Waals surface area contributed by atoms with Crippen molar-refractivity contribution in [3.8, 4) is 0 Å². The van der Waals surface area contributed by atoms with Crippen LogP contribution < -0.4 is 5.63 Å². The van der Waals surface area contributed by atoms with Gasteiger partial charge in [-0.15, -0.1) is 0 Å². The van der Waals surface area contributed by atoms with Crippen LogP contribution in [0.2, 0.25) is 0 Å². The quantitative estimate of drug-likeness (QED) is 0.559. The van der Waals surface area contributed by atoms with Crippen LogP contribution in [0.15, 0.2) is 33.5 Å². The summed E-state index contributed by atoms with van der Waals surface area (Å²) in [6.07, 6.45) is 7.61. The van der Waals surface area contributed by atoms with Gasteiger partial charge in [-0.3, -0.25) is 0 Å². The lowest BCUT2D eigenvalue weighted by atomic mass is 9.98. The van der Waals surface area contributed by atoms with Gasteiger partial charge in [0.25, 0.3) is 0 Å². The average Bonchev–Trinajstić information content (AvgIpc) is 2.41. The summed E-state index contributed by atoms with van der Waals surface area (Å²) in [6.45, 7) is 4.35. The van der Waals surface area contributed by atoms with Gasteiger partial charge >= 0.3 is 5.63 Å². The van der Waals surface area contributed by atoms with E-state index in [2.05, 4.69) is 19.9 Å². The fourth-order valence-corrected chi connectivity index (χ4v) is 2.53. The van der Waals surface area contributed by atoms with Crippen molar-refractivity contribution >= 4 is 11.0 Å². The van der Waals surface area contributed by atoms with Crippen LogP contribution >= 0.6 is 0 Å². The van der Waals surface area contributed by atoms with Crippen LogP contribution in [0.1, 0.15) is 50.2 Å². The van der Waals surface area contributed by atoms with Crippen LogP contribution in [0.25, 0.3) is 11.0 Å². The molecule has 19 heavy (non-hydrogen) atoms. The first-order valence-corrected chi connectivity index (χ1v) is 7.24. The van der Waals surface area contributed by atoms with E-state index in [-0.39, 0.29) is 5.63 Å². The molecule has 0 atom stereocenters. The molecule has 0 saturated heterocycles. The molecule has 0 N–H and O–H groups in total. The van der Waals surface area contributed by atoms with Crippen molar-refractivity contribution in [1.29, 1.82) is 0 Å². The highest BCUT2D eigenvalue weighted by molar-refractivity contribution is 5.81. The number of aryl methyl sites for hydroxylation is 2. The Kier molecular flexibility index (Phi) is 4.78. The number of fused-ring (bicyclic) bond motifs is 1. The second-order valence-electron chi connectivity index (χ2n) is 5.18. The number of hydrogen-bond donors (Lipinski definition) is 0. The molecule has 0 unspecified atom stereocenters. The monoisotopic (exact) mass is 258 g/mol. The topological polar surface area (TPSA) is 30.2 Å². The molecule has 0 bridgehead atoms. The summed E-state index contributed by atoms with van der Waals surface area (Å²) in [7, 11) is 0. The van der Waals surface area contributed by atoms with Crippen molar-refractivity contribution in [3.63, 3.8) is 0 Å². The minimum atomic E-state index is -0.279.